The molecule has 3 aliphatic rings. The highest BCUT2D eigenvalue weighted by Crippen LogP contribution is 2.35. The van der Waals surface area contributed by atoms with Crippen molar-refractivity contribution < 1.29 is 41.9 Å². The average molecular weight is 914 g/mol. The maximum Gasteiger partial charge on any atom is 0.424 e. The Morgan fingerprint density at radius 1 is 0.906 bits per heavy atom. The number of likely N-dealkylation sites (tertiary alicyclic amines) is 1. The normalized spacial score (nSPS) is 19.8. The molecule has 5 atom stereocenters. The largest absolute Gasteiger partial charge is 0.444 e. The molecule has 4 rings (SSSR count). The van der Waals surface area contributed by atoms with Crippen LogP contribution in [0, 0.1) is 29.1 Å². The Labute approximate surface area is 381 Å². The van der Waals surface area contributed by atoms with E-state index in [-0.39, 0.29) is 50.4 Å². The van der Waals surface area contributed by atoms with E-state index in [1.165, 1.54) is 32.4 Å². The van der Waals surface area contributed by atoms with Crippen LogP contribution in [0.2, 0.25) is 0 Å². The van der Waals surface area contributed by atoms with E-state index in [1.807, 2.05) is 40.7 Å². The number of likely N-dealkylation sites (N-methyl/N-ethyl adjacent to an activating group) is 1. The lowest BCUT2D eigenvalue weighted by Crippen LogP contribution is -2.61. The van der Waals surface area contributed by atoms with Crippen LogP contribution < -0.4 is 21.3 Å². The standard InChI is InChI=1S/C47H75N7O9S/c1-9-28-48-43(57)41(55)37(26-17-16-19-33-22-18-23-33)49-42(56)40-36(32(2)3)27-29-54(40)44(58)39(35-24-14-11-15-25-35)51-45(59)50-38(47(4,5)6)30-52(7)64(61,62)53(8)46(60)63-31-34-20-12-10-13-21-34/h9-10,12-13,20-21,32-33,35-40H,1,11,14-19,22-31H2,2-8H3,(H,48,57)(H,49,56)(H2,50,51,59)/t36-,37?,38-,39+,40+/m1/s1. The van der Waals surface area contributed by atoms with Gasteiger partial charge in [-0.1, -0.05) is 129 Å². The zero-order chi connectivity index (χ0) is 47.2. The molecule has 2 saturated carbocycles. The number of amides is 6. The number of ether oxygens (including phenoxy) is 1. The van der Waals surface area contributed by atoms with E-state index < -0.39 is 75.4 Å². The Bertz CT molecular complexity index is 1860. The van der Waals surface area contributed by atoms with E-state index in [0.717, 1.165) is 43.5 Å². The molecule has 3 fully saturated rings. The van der Waals surface area contributed by atoms with Crippen molar-refractivity contribution in [2.75, 3.05) is 33.7 Å². The van der Waals surface area contributed by atoms with Crippen molar-refractivity contribution in [2.45, 2.75) is 149 Å². The first-order valence-corrected chi connectivity index (χ1v) is 24.7. The van der Waals surface area contributed by atoms with Gasteiger partial charge in [0.05, 0.1) is 6.04 Å². The minimum absolute atomic E-state index is 0.00367. The molecule has 1 saturated heterocycles. The predicted molar refractivity (Wildman–Crippen MR) is 246 cm³/mol. The Hall–Kier alpha value is -4.51. The molecule has 16 nitrogen and oxygen atoms in total. The van der Waals surface area contributed by atoms with E-state index in [2.05, 4.69) is 27.8 Å². The molecule has 0 spiro atoms. The number of hydrogen-bond donors (Lipinski definition) is 4. The number of hydrogen-bond acceptors (Lipinski definition) is 9. The molecule has 1 aromatic rings. The third-order valence-electron chi connectivity index (χ3n) is 13.4. The monoisotopic (exact) mass is 914 g/mol. The van der Waals surface area contributed by atoms with Gasteiger partial charge in [-0.15, -0.1) is 6.58 Å². The van der Waals surface area contributed by atoms with Gasteiger partial charge in [-0.2, -0.15) is 17.0 Å². The summed E-state index contributed by atoms with van der Waals surface area (Å²) in [6.45, 7) is 13.2. The Morgan fingerprint density at radius 3 is 2.17 bits per heavy atom. The third-order valence-corrected chi connectivity index (χ3v) is 15.1. The third kappa shape index (κ3) is 14.5. The molecule has 1 aliphatic heterocycles. The molecule has 1 aromatic carbocycles. The maximum absolute atomic E-state index is 14.9. The first-order chi connectivity index (χ1) is 30.3. The van der Waals surface area contributed by atoms with Crippen LogP contribution in [0.15, 0.2) is 43.0 Å². The van der Waals surface area contributed by atoms with E-state index in [1.54, 1.807) is 29.2 Å². The van der Waals surface area contributed by atoms with Crippen LogP contribution in [-0.2, 0) is 40.7 Å². The summed E-state index contributed by atoms with van der Waals surface area (Å²) < 4.78 is 33.9. The molecule has 6 amide bonds. The molecular weight excluding hydrogens is 839 g/mol. The van der Waals surface area contributed by atoms with Gasteiger partial charge in [0.25, 0.3) is 5.91 Å². The number of ketones is 1. The zero-order valence-electron chi connectivity index (χ0n) is 39.2. The second-order valence-corrected chi connectivity index (χ2v) is 21.5. The van der Waals surface area contributed by atoms with Crippen molar-refractivity contribution in [3.05, 3.63) is 48.6 Å². The number of carbonyl (C=O) groups is 6. The lowest BCUT2D eigenvalue weighted by atomic mass is 9.81. The fourth-order valence-electron chi connectivity index (χ4n) is 8.97. The Kier molecular flexibility index (Phi) is 19.7. The molecule has 1 heterocycles. The van der Waals surface area contributed by atoms with Crippen molar-refractivity contribution >= 4 is 45.8 Å². The number of Topliss-reactive ketones (excluding diaryl/α,β-unsaturated/α-hetero) is 1. The second-order valence-electron chi connectivity index (χ2n) is 19.4. The van der Waals surface area contributed by atoms with Gasteiger partial charge in [0.2, 0.25) is 17.6 Å². The predicted octanol–water partition coefficient (Wildman–Crippen LogP) is 5.68. The van der Waals surface area contributed by atoms with E-state index in [9.17, 15) is 37.2 Å². The van der Waals surface area contributed by atoms with Gasteiger partial charge in [0.1, 0.15) is 18.7 Å². The van der Waals surface area contributed by atoms with Crippen LogP contribution in [0.25, 0.3) is 0 Å². The fourth-order valence-corrected chi connectivity index (χ4v) is 9.96. The summed E-state index contributed by atoms with van der Waals surface area (Å²) in [5, 5.41) is 11.3. The molecule has 0 radical (unpaired) electrons. The Morgan fingerprint density at radius 2 is 1.58 bits per heavy atom. The molecule has 358 valence electrons. The first-order valence-electron chi connectivity index (χ1n) is 23.3. The highest BCUT2D eigenvalue weighted by Gasteiger charge is 2.47. The van der Waals surface area contributed by atoms with Crippen LogP contribution in [0.3, 0.4) is 0 Å². The number of unbranched alkanes of at least 4 members (excludes halogenated alkanes) is 1. The molecular formula is C47H75N7O9S. The smallest absolute Gasteiger partial charge is 0.424 e. The molecule has 1 unspecified atom stereocenters. The van der Waals surface area contributed by atoms with Crippen molar-refractivity contribution in [3.63, 3.8) is 0 Å². The Balaban J connectivity index is 1.51. The number of benzene rings is 1. The van der Waals surface area contributed by atoms with E-state index in [4.69, 9.17) is 4.74 Å². The van der Waals surface area contributed by atoms with Crippen LogP contribution in [-0.4, -0.2) is 115 Å². The first kappa shape index (κ1) is 52.1. The molecule has 4 N–H and O–H groups in total. The summed E-state index contributed by atoms with van der Waals surface area (Å²) in [5.41, 5.74) is 0.00564. The van der Waals surface area contributed by atoms with Crippen molar-refractivity contribution in [3.8, 4) is 0 Å². The van der Waals surface area contributed by atoms with Gasteiger partial charge in [0, 0.05) is 39.8 Å². The van der Waals surface area contributed by atoms with Crippen molar-refractivity contribution in [2.24, 2.45) is 29.1 Å². The van der Waals surface area contributed by atoms with Gasteiger partial charge in [-0.3, -0.25) is 19.2 Å². The summed E-state index contributed by atoms with van der Waals surface area (Å²) in [5.74, 6) is -2.24. The van der Waals surface area contributed by atoms with Gasteiger partial charge >= 0.3 is 22.3 Å². The number of urea groups is 1. The van der Waals surface area contributed by atoms with E-state index >= 15 is 0 Å². The SMILES string of the molecule is C=CCNC(=O)C(=O)C(CCCCC1CCC1)NC(=O)[C@@H]1[C@@H](C(C)C)CCN1C(=O)[C@@H](NC(=O)N[C@H](CN(C)S(=O)(=O)N(C)C(=O)OCc1ccccc1)C(C)(C)C)C1CCCCC1. The molecule has 0 aromatic heterocycles. The zero-order valence-corrected chi connectivity index (χ0v) is 40.1. The van der Waals surface area contributed by atoms with Crippen LogP contribution in [0.4, 0.5) is 9.59 Å². The van der Waals surface area contributed by atoms with Gasteiger partial charge < -0.3 is 30.9 Å². The molecule has 17 heteroatoms. The van der Waals surface area contributed by atoms with Crippen LogP contribution in [0.1, 0.15) is 124 Å². The number of carbonyl (C=O) groups excluding carboxylic acids is 6. The van der Waals surface area contributed by atoms with Gasteiger partial charge in [-0.25, -0.2) is 9.59 Å². The highest BCUT2D eigenvalue weighted by molar-refractivity contribution is 7.87. The van der Waals surface area contributed by atoms with Crippen LogP contribution >= 0.6 is 0 Å². The molecule has 0 bridgehead atoms. The highest BCUT2D eigenvalue weighted by atomic mass is 32.2. The van der Waals surface area contributed by atoms with Crippen LogP contribution in [0.5, 0.6) is 0 Å². The minimum Gasteiger partial charge on any atom is -0.444 e. The summed E-state index contributed by atoms with van der Waals surface area (Å²) in [7, 11) is -1.96. The summed E-state index contributed by atoms with van der Waals surface area (Å²) >= 11 is 0. The lowest BCUT2D eigenvalue weighted by Gasteiger charge is -2.38. The van der Waals surface area contributed by atoms with Gasteiger partial charge in [0.15, 0.2) is 0 Å². The second kappa shape index (κ2) is 24.1. The summed E-state index contributed by atoms with van der Waals surface area (Å²) in [4.78, 5) is 84.3. The summed E-state index contributed by atoms with van der Waals surface area (Å²) in [6.07, 6.45) is 11.5. The topological polar surface area (TPSA) is 204 Å². The quantitative estimate of drug-likeness (QED) is 0.0641. The van der Waals surface area contributed by atoms with Crippen molar-refractivity contribution in [1.29, 1.82) is 0 Å². The number of nitrogens with one attached hydrogen (secondary N) is 4. The molecule has 2 aliphatic carbocycles. The average Bonchev–Trinajstić information content (AvgIpc) is 3.71. The van der Waals surface area contributed by atoms with E-state index in [0.29, 0.717) is 41.5 Å². The maximum atomic E-state index is 14.9. The fraction of sp³-hybridized carbons (Fsp3) is 0.702. The lowest BCUT2D eigenvalue weighted by molar-refractivity contribution is -0.144. The minimum atomic E-state index is -4.38. The van der Waals surface area contributed by atoms with Crippen molar-refractivity contribution in [1.82, 2.24) is 34.8 Å². The number of rotatable bonds is 22. The number of nitrogens with zero attached hydrogens (tertiary/aromatic N) is 3. The van der Waals surface area contributed by atoms with Gasteiger partial charge in [-0.05, 0) is 60.3 Å². The molecule has 64 heavy (non-hydrogen) atoms. The summed E-state index contributed by atoms with van der Waals surface area (Å²) in [6, 6.07) is 4.40.